The third kappa shape index (κ3) is 3.81. The molecule has 2 aliphatic heterocycles. The third-order valence-corrected chi connectivity index (χ3v) is 6.14. The smallest absolute Gasteiger partial charge is 0.272 e. The van der Waals surface area contributed by atoms with E-state index in [1.807, 2.05) is 64.0 Å². The minimum Gasteiger partial charge on any atom is -0.376 e. The standard InChI is InChI=1S/C24H26N4O3/c29-23(25-16-18-10-7-15-31-18)21-19-11-4-5-13-27(19)22(26-21)20-12-6-14-28(20)24(30)17-8-2-1-3-9-17/h1-5,8-9,11,13,18,20H,6-7,10,12,14-16H2,(H,25,29). The number of amides is 2. The summed E-state index contributed by atoms with van der Waals surface area (Å²) in [5, 5.41) is 2.98. The number of nitrogens with zero attached hydrogens (tertiary/aromatic N) is 3. The van der Waals surface area contributed by atoms with Crippen LogP contribution in [0, 0.1) is 0 Å². The number of pyridine rings is 1. The lowest BCUT2D eigenvalue weighted by molar-refractivity contribution is 0.0729. The first-order valence-corrected chi connectivity index (χ1v) is 10.9. The number of likely N-dealkylation sites (tertiary alicyclic amines) is 1. The van der Waals surface area contributed by atoms with Crippen LogP contribution < -0.4 is 5.32 Å². The highest BCUT2D eigenvalue weighted by molar-refractivity contribution is 5.99. The number of hydrogen-bond acceptors (Lipinski definition) is 4. The Balaban J connectivity index is 1.44. The van der Waals surface area contributed by atoms with Crippen LogP contribution >= 0.6 is 0 Å². The Kier molecular flexibility index (Phi) is 5.42. The average molecular weight is 418 g/mol. The summed E-state index contributed by atoms with van der Waals surface area (Å²) in [7, 11) is 0. The number of benzene rings is 1. The quantitative estimate of drug-likeness (QED) is 0.690. The lowest BCUT2D eigenvalue weighted by Crippen LogP contribution is -2.32. The molecule has 31 heavy (non-hydrogen) atoms. The summed E-state index contributed by atoms with van der Waals surface area (Å²) in [6.45, 7) is 1.92. The van der Waals surface area contributed by atoms with E-state index in [0.717, 1.165) is 43.6 Å². The van der Waals surface area contributed by atoms with Crippen LogP contribution in [-0.4, -0.2) is 51.9 Å². The molecule has 3 aromatic rings. The summed E-state index contributed by atoms with van der Waals surface area (Å²) >= 11 is 0. The van der Waals surface area contributed by atoms with Crippen LogP contribution in [0.5, 0.6) is 0 Å². The molecule has 7 heteroatoms. The molecule has 2 fully saturated rings. The molecule has 1 N–H and O–H groups in total. The van der Waals surface area contributed by atoms with Crippen LogP contribution in [-0.2, 0) is 4.74 Å². The zero-order chi connectivity index (χ0) is 21.2. The van der Waals surface area contributed by atoms with Gasteiger partial charge in [0.1, 0.15) is 5.82 Å². The van der Waals surface area contributed by atoms with Gasteiger partial charge in [0, 0.05) is 31.5 Å². The normalized spacial score (nSPS) is 21.0. The van der Waals surface area contributed by atoms with Crippen LogP contribution in [0.1, 0.15) is 58.4 Å². The Labute approximate surface area is 181 Å². The largest absolute Gasteiger partial charge is 0.376 e. The van der Waals surface area contributed by atoms with Crippen LogP contribution in [0.25, 0.3) is 5.52 Å². The van der Waals surface area contributed by atoms with Crippen molar-refractivity contribution in [2.45, 2.75) is 37.8 Å². The van der Waals surface area contributed by atoms with Gasteiger partial charge < -0.3 is 19.4 Å². The van der Waals surface area contributed by atoms with Crippen molar-refractivity contribution in [3.63, 3.8) is 0 Å². The van der Waals surface area contributed by atoms with E-state index in [4.69, 9.17) is 9.72 Å². The lowest BCUT2D eigenvalue weighted by atomic mass is 10.1. The molecule has 0 bridgehead atoms. The third-order valence-electron chi connectivity index (χ3n) is 6.14. The van der Waals surface area contributed by atoms with Gasteiger partial charge in [-0.2, -0.15) is 0 Å². The van der Waals surface area contributed by atoms with Crippen LogP contribution in [0.4, 0.5) is 0 Å². The molecule has 2 aromatic heterocycles. The second kappa shape index (κ2) is 8.51. The molecule has 2 saturated heterocycles. The highest BCUT2D eigenvalue weighted by atomic mass is 16.5. The van der Waals surface area contributed by atoms with E-state index in [1.54, 1.807) is 0 Å². The minimum absolute atomic E-state index is 0.000153. The maximum Gasteiger partial charge on any atom is 0.272 e. The van der Waals surface area contributed by atoms with E-state index in [-0.39, 0.29) is 24.0 Å². The Hall–Kier alpha value is -3.19. The fourth-order valence-corrected chi connectivity index (χ4v) is 4.58. The fraction of sp³-hybridized carbons (Fsp3) is 0.375. The van der Waals surface area contributed by atoms with Crippen molar-refractivity contribution in [1.82, 2.24) is 19.6 Å². The molecular weight excluding hydrogens is 392 g/mol. The molecule has 2 aliphatic rings. The van der Waals surface area contributed by atoms with Crippen LogP contribution in [0.3, 0.4) is 0 Å². The molecule has 0 radical (unpaired) electrons. The van der Waals surface area contributed by atoms with Gasteiger partial charge in [-0.3, -0.25) is 9.59 Å². The molecule has 0 spiro atoms. The second-order valence-corrected chi connectivity index (χ2v) is 8.14. The molecule has 7 nitrogen and oxygen atoms in total. The Morgan fingerprint density at radius 3 is 2.71 bits per heavy atom. The highest BCUT2D eigenvalue weighted by Crippen LogP contribution is 2.33. The van der Waals surface area contributed by atoms with E-state index >= 15 is 0 Å². The summed E-state index contributed by atoms with van der Waals surface area (Å²) in [4.78, 5) is 32.7. The van der Waals surface area contributed by atoms with Crippen molar-refractivity contribution in [1.29, 1.82) is 0 Å². The fourth-order valence-electron chi connectivity index (χ4n) is 4.58. The number of hydrogen-bond donors (Lipinski definition) is 1. The number of aromatic nitrogens is 2. The van der Waals surface area contributed by atoms with Crippen molar-refractivity contribution in [3.05, 3.63) is 71.8 Å². The number of nitrogens with one attached hydrogen (secondary N) is 1. The zero-order valence-corrected chi connectivity index (χ0v) is 17.4. The lowest BCUT2D eigenvalue weighted by Gasteiger charge is -2.24. The summed E-state index contributed by atoms with van der Waals surface area (Å²) in [6.07, 6.45) is 5.72. The van der Waals surface area contributed by atoms with Gasteiger partial charge in [0.05, 0.1) is 17.7 Å². The van der Waals surface area contributed by atoms with Crippen molar-refractivity contribution < 1.29 is 14.3 Å². The van der Waals surface area contributed by atoms with Crippen molar-refractivity contribution >= 4 is 17.3 Å². The molecule has 1 aromatic carbocycles. The number of carbonyl (C=O) groups is 2. The number of fused-ring (bicyclic) bond motifs is 1. The van der Waals surface area contributed by atoms with Gasteiger partial charge in [-0.25, -0.2) is 4.98 Å². The average Bonchev–Trinajstić information content (AvgIpc) is 3.57. The first-order valence-electron chi connectivity index (χ1n) is 10.9. The number of ether oxygens (including phenoxy) is 1. The van der Waals surface area contributed by atoms with Crippen molar-refractivity contribution in [2.24, 2.45) is 0 Å². The highest BCUT2D eigenvalue weighted by Gasteiger charge is 2.34. The van der Waals surface area contributed by atoms with E-state index < -0.39 is 0 Å². The summed E-state index contributed by atoms with van der Waals surface area (Å²) in [5.41, 5.74) is 1.82. The van der Waals surface area contributed by atoms with E-state index in [0.29, 0.717) is 24.3 Å². The van der Waals surface area contributed by atoms with Crippen LogP contribution in [0.15, 0.2) is 54.7 Å². The minimum atomic E-state index is -0.204. The number of carbonyl (C=O) groups excluding carboxylic acids is 2. The molecule has 5 rings (SSSR count). The molecule has 0 aliphatic carbocycles. The van der Waals surface area contributed by atoms with Crippen molar-refractivity contribution in [2.75, 3.05) is 19.7 Å². The topological polar surface area (TPSA) is 75.9 Å². The van der Waals surface area contributed by atoms with Crippen molar-refractivity contribution in [3.8, 4) is 0 Å². The molecule has 2 atom stereocenters. The molecule has 2 unspecified atom stereocenters. The van der Waals surface area contributed by atoms with Gasteiger partial charge in [-0.15, -0.1) is 0 Å². The maximum atomic E-state index is 13.2. The van der Waals surface area contributed by atoms with Crippen LogP contribution in [0.2, 0.25) is 0 Å². The Morgan fingerprint density at radius 2 is 1.90 bits per heavy atom. The molecule has 160 valence electrons. The maximum absolute atomic E-state index is 13.2. The van der Waals surface area contributed by atoms with Gasteiger partial charge in [0.15, 0.2) is 5.69 Å². The molecule has 0 saturated carbocycles. The number of rotatable bonds is 5. The first-order chi connectivity index (χ1) is 15.2. The predicted molar refractivity (Wildman–Crippen MR) is 116 cm³/mol. The SMILES string of the molecule is O=C(NCC1CCCO1)c1nc(C2CCCN2C(=O)c2ccccc2)n2ccccc12. The van der Waals surface area contributed by atoms with Gasteiger partial charge >= 0.3 is 0 Å². The van der Waals surface area contributed by atoms with E-state index in [1.165, 1.54) is 0 Å². The molecule has 2 amide bonds. The van der Waals surface area contributed by atoms with Gasteiger partial charge in [0.2, 0.25) is 0 Å². The summed E-state index contributed by atoms with van der Waals surface area (Å²) < 4.78 is 7.56. The summed E-state index contributed by atoms with van der Waals surface area (Å²) in [6, 6.07) is 14.9. The molecular formula is C24H26N4O3. The molecule has 4 heterocycles. The Morgan fingerprint density at radius 1 is 1.06 bits per heavy atom. The monoisotopic (exact) mass is 418 g/mol. The van der Waals surface area contributed by atoms with E-state index in [2.05, 4.69) is 5.32 Å². The Bertz CT molecular complexity index is 1090. The zero-order valence-electron chi connectivity index (χ0n) is 17.4. The van der Waals surface area contributed by atoms with Gasteiger partial charge in [0.25, 0.3) is 11.8 Å². The van der Waals surface area contributed by atoms with E-state index in [9.17, 15) is 9.59 Å². The second-order valence-electron chi connectivity index (χ2n) is 8.14. The first kappa shape index (κ1) is 19.8. The van der Waals surface area contributed by atoms with Gasteiger partial charge in [-0.05, 0) is 49.9 Å². The predicted octanol–water partition coefficient (Wildman–Crippen LogP) is 3.22. The van der Waals surface area contributed by atoms with Gasteiger partial charge in [-0.1, -0.05) is 24.3 Å². The number of imidazole rings is 1. The summed E-state index contributed by atoms with van der Waals surface area (Å²) in [5.74, 6) is 0.532.